The van der Waals surface area contributed by atoms with Gasteiger partial charge in [-0.3, -0.25) is 0 Å². The number of aromatic nitrogens is 2. The fourth-order valence-electron chi connectivity index (χ4n) is 1.51. The van der Waals surface area contributed by atoms with Crippen molar-refractivity contribution in [3.63, 3.8) is 0 Å². The van der Waals surface area contributed by atoms with E-state index in [2.05, 4.69) is 41.8 Å². The fraction of sp³-hybridized carbons (Fsp3) is 0.231. The second-order valence-electron chi connectivity index (χ2n) is 3.84. The Morgan fingerprint density at radius 2 is 2.00 bits per heavy atom. The van der Waals surface area contributed by atoms with E-state index in [1.807, 2.05) is 24.3 Å². The number of halogens is 3. The first-order valence-corrected chi connectivity index (χ1v) is 8.64. The summed E-state index contributed by atoms with van der Waals surface area (Å²) in [5.74, 6) is 1.33. The number of nitrogens with zero attached hydrogens (tertiary/aromatic N) is 2. The van der Waals surface area contributed by atoms with Gasteiger partial charge in [0.1, 0.15) is 11.0 Å². The molecular formula is C13H11Br2ClN2OS. The van der Waals surface area contributed by atoms with Crippen LogP contribution in [-0.2, 0) is 17.1 Å². The lowest BCUT2D eigenvalue weighted by atomic mass is 10.4. The first-order chi connectivity index (χ1) is 9.61. The second kappa shape index (κ2) is 7.75. The summed E-state index contributed by atoms with van der Waals surface area (Å²) in [4.78, 5) is 9.88. The van der Waals surface area contributed by atoms with Crippen molar-refractivity contribution < 1.29 is 4.74 Å². The summed E-state index contributed by atoms with van der Waals surface area (Å²) in [6.07, 6.45) is 0. The van der Waals surface area contributed by atoms with Crippen LogP contribution in [0.4, 0.5) is 0 Å². The molecule has 0 aliphatic carbocycles. The number of methoxy groups -OCH3 is 1. The van der Waals surface area contributed by atoms with Crippen LogP contribution >= 0.6 is 55.2 Å². The topological polar surface area (TPSA) is 35.0 Å². The Labute approximate surface area is 143 Å². The SMILES string of the molecule is COCc1nc(CSc2ccccc2Br)nc(Cl)c1Br. The van der Waals surface area contributed by atoms with Crippen LogP contribution in [0.3, 0.4) is 0 Å². The van der Waals surface area contributed by atoms with Crippen LogP contribution in [0.25, 0.3) is 0 Å². The van der Waals surface area contributed by atoms with E-state index in [4.69, 9.17) is 16.3 Å². The lowest BCUT2D eigenvalue weighted by molar-refractivity contribution is 0.180. The van der Waals surface area contributed by atoms with Gasteiger partial charge in [0.05, 0.1) is 22.5 Å². The molecule has 2 rings (SSSR count). The minimum absolute atomic E-state index is 0.398. The van der Waals surface area contributed by atoms with E-state index in [9.17, 15) is 0 Å². The summed E-state index contributed by atoms with van der Waals surface area (Å²) in [5, 5.41) is 0.412. The highest BCUT2D eigenvalue weighted by atomic mass is 79.9. The third-order valence-electron chi connectivity index (χ3n) is 2.40. The van der Waals surface area contributed by atoms with Crippen molar-refractivity contribution in [2.24, 2.45) is 0 Å². The van der Waals surface area contributed by atoms with Crippen LogP contribution in [0.15, 0.2) is 38.1 Å². The summed E-state index contributed by atoms with van der Waals surface area (Å²) in [7, 11) is 1.62. The number of ether oxygens (including phenoxy) is 1. The average molecular weight is 439 g/mol. The van der Waals surface area contributed by atoms with Crippen molar-refractivity contribution in [3.05, 3.63) is 49.9 Å². The van der Waals surface area contributed by atoms with Gasteiger partial charge in [-0.15, -0.1) is 11.8 Å². The zero-order chi connectivity index (χ0) is 14.5. The van der Waals surface area contributed by atoms with Crippen LogP contribution in [0.5, 0.6) is 0 Å². The summed E-state index contributed by atoms with van der Waals surface area (Å²) in [5.41, 5.74) is 0.759. The molecule has 0 aliphatic heterocycles. The van der Waals surface area contributed by atoms with Gasteiger partial charge in [0.15, 0.2) is 0 Å². The molecule has 0 saturated carbocycles. The van der Waals surface area contributed by atoms with E-state index < -0.39 is 0 Å². The first-order valence-electron chi connectivity index (χ1n) is 5.69. The molecule has 3 nitrogen and oxygen atoms in total. The van der Waals surface area contributed by atoms with E-state index >= 15 is 0 Å². The summed E-state index contributed by atoms with van der Waals surface area (Å²) in [6.45, 7) is 0.398. The minimum Gasteiger partial charge on any atom is -0.378 e. The maximum atomic E-state index is 6.10. The molecule has 7 heteroatoms. The van der Waals surface area contributed by atoms with Crippen molar-refractivity contribution in [1.29, 1.82) is 0 Å². The molecule has 0 atom stereocenters. The van der Waals surface area contributed by atoms with Gasteiger partial charge in [-0.05, 0) is 44.0 Å². The zero-order valence-corrected chi connectivity index (χ0v) is 15.3. The Hall–Kier alpha value is -0.140. The van der Waals surface area contributed by atoms with Gasteiger partial charge in [0.25, 0.3) is 0 Å². The van der Waals surface area contributed by atoms with Crippen molar-refractivity contribution in [1.82, 2.24) is 9.97 Å². The molecule has 1 heterocycles. The highest BCUT2D eigenvalue weighted by molar-refractivity contribution is 9.10. The molecule has 20 heavy (non-hydrogen) atoms. The molecule has 1 aromatic carbocycles. The second-order valence-corrected chi connectivity index (χ2v) is 6.87. The normalized spacial score (nSPS) is 10.8. The van der Waals surface area contributed by atoms with Gasteiger partial charge < -0.3 is 4.74 Å². The fourth-order valence-corrected chi connectivity index (χ4v) is 3.43. The molecule has 2 aromatic rings. The van der Waals surface area contributed by atoms with Gasteiger partial charge >= 0.3 is 0 Å². The van der Waals surface area contributed by atoms with Crippen molar-refractivity contribution >= 4 is 55.2 Å². The number of hydrogen-bond donors (Lipinski definition) is 0. The number of benzene rings is 1. The van der Waals surface area contributed by atoms with Crippen LogP contribution in [0, 0.1) is 0 Å². The quantitative estimate of drug-likeness (QED) is 0.481. The van der Waals surface area contributed by atoms with Crippen LogP contribution < -0.4 is 0 Å². The third-order valence-corrected chi connectivity index (χ3v) is 5.76. The Kier molecular flexibility index (Phi) is 6.29. The minimum atomic E-state index is 0.398. The lowest BCUT2D eigenvalue weighted by Crippen LogP contribution is -2.02. The molecule has 0 amide bonds. The van der Waals surface area contributed by atoms with E-state index in [1.54, 1.807) is 18.9 Å². The highest BCUT2D eigenvalue weighted by Crippen LogP contribution is 2.30. The Morgan fingerprint density at radius 3 is 2.70 bits per heavy atom. The number of rotatable bonds is 5. The highest BCUT2D eigenvalue weighted by Gasteiger charge is 2.11. The summed E-state index contributed by atoms with van der Waals surface area (Å²) < 4.78 is 6.86. The number of hydrogen-bond acceptors (Lipinski definition) is 4. The predicted octanol–water partition coefficient (Wildman–Crippen LogP) is 5.09. The Balaban J connectivity index is 2.16. The maximum Gasteiger partial charge on any atom is 0.147 e. The molecule has 0 radical (unpaired) electrons. The van der Waals surface area contributed by atoms with E-state index in [0.717, 1.165) is 15.1 Å². The molecule has 0 aliphatic rings. The number of thioether (sulfide) groups is 1. The van der Waals surface area contributed by atoms with Crippen LogP contribution in [-0.4, -0.2) is 17.1 Å². The molecule has 0 saturated heterocycles. The van der Waals surface area contributed by atoms with Gasteiger partial charge in [0.2, 0.25) is 0 Å². The third kappa shape index (κ3) is 4.18. The van der Waals surface area contributed by atoms with Gasteiger partial charge in [-0.2, -0.15) is 0 Å². The monoisotopic (exact) mass is 436 g/mol. The van der Waals surface area contributed by atoms with Gasteiger partial charge in [-0.1, -0.05) is 23.7 Å². The van der Waals surface area contributed by atoms with Crippen molar-refractivity contribution in [2.45, 2.75) is 17.3 Å². The van der Waals surface area contributed by atoms with E-state index in [0.29, 0.717) is 27.8 Å². The lowest BCUT2D eigenvalue weighted by Gasteiger charge is -2.08. The van der Waals surface area contributed by atoms with Gasteiger partial charge in [-0.25, -0.2) is 9.97 Å². The molecule has 106 valence electrons. The molecule has 0 spiro atoms. The first kappa shape index (κ1) is 16.2. The van der Waals surface area contributed by atoms with Crippen LogP contribution in [0.2, 0.25) is 5.15 Å². The molecule has 0 bridgehead atoms. The summed E-state index contributed by atoms with van der Waals surface area (Å²) >= 11 is 14.6. The molecule has 0 fully saturated rings. The molecular weight excluding hydrogens is 427 g/mol. The summed E-state index contributed by atoms with van der Waals surface area (Å²) in [6, 6.07) is 8.04. The predicted molar refractivity (Wildman–Crippen MR) is 89.2 cm³/mol. The van der Waals surface area contributed by atoms with Crippen LogP contribution in [0.1, 0.15) is 11.5 Å². The standard InChI is InChI=1S/C13H11Br2ClN2OS/c1-19-6-9-12(15)13(16)18-11(17-9)7-20-10-5-3-2-4-8(10)14/h2-5H,6-7H2,1H3. The molecule has 1 aromatic heterocycles. The smallest absolute Gasteiger partial charge is 0.147 e. The maximum absolute atomic E-state index is 6.10. The molecule has 0 unspecified atom stereocenters. The Bertz CT molecular complexity index is 613. The van der Waals surface area contributed by atoms with E-state index in [1.165, 1.54) is 0 Å². The zero-order valence-electron chi connectivity index (χ0n) is 10.6. The van der Waals surface area contributed by atoms with Crippen molar-refractivity contribution in [2.75, 3.05) is 7.11 Å². The Morgan fingerprint density at radius 1 is 1.25 bits per heavy atom. The average Bonchev–Trinajstić information content (AvgIpc) is 2.43. The van der Waals surface area contributed by atoms with E-state index in [-0.39, 0.29) is 0 Å². The molecule has 0 N–H and O–H groups in total. The van der Waals surface area contributed by atoms with Gasteiger partial charge in [0, 0.05) is 16.5 Å². The largest absolute Gasteiger partial charge is 0.378 e. The van der Waals surface area contributed by atoms with Crippen molar-refractivity contribution in [3.8, 4) is 0 Å².